The largest absolute Gasteiger partial charge is 0.481 e. The summed E-state index contributed by atoms with van der Waals surface area (Å²) in [5.41, 5.74) is 0.711. The van der Waals surface area contributed by atoms with Crippen LogP contribution in [-0.4, -0.2) is 25.8 Å². The van der Waals surface area contributed by atoms with Gasteiger partial charge in [-0.25, -0.2) is 9.67 Å². The lowest BCUT2D eigenvalue weighted by Gasteiger charge is -2.04. The minimum absolute atomic E-state index is 0.132. The molecule has 0 fully saturated rings. The van der Waals surface area contributed by atoms with E-state index in [0.29, 0.717) is 22.4 Å². The SMILES string of the molecule is CC(C)c1nc(CC(=O)O)n(-c2cccc(Cl)c2)n1. The molecular formula is C13H14ClN3O2. The standard InChI is InChI=1S/C13H14ClN3O2/c1-8(2)13-15-11(7-12(18)19)17(16-13)10-5-3-4-9(14)6-10/h3-6,8H,7H2,1-2H3,(H,18,19). The first kappa shape index (κ1) is 13.5. The summed E-state index contributed by atoms with van der Waals surface area (Å²) in [6, 6.07) is 7.09. The first-order chi connectivity index (χ1) is 8.97. The van der Waals surface area contributed by atoms with E-state index in [1.165, 1.54) is 4.68 Å². The zero-order valence-electron chi connectivity index (χ0n) is 10.7. The Morgan fingerprint density at radius 3 is 2.79 bits per heavy atom. The van der Waals surface area contributed by atoms with Crippen LogP contribution in [0.1, 0.15) is 31.4 Å². The molecule has 19 heavy (non-hydrogen) atoms. The molecule has 5 nitrogen and oxygen atoms in total. The molecular weight excluding hydrogens is 266 g/mol. The highest BCUT2D eigenvalue weighted by Crippen LogP contribution is 2.18. The molecule has 1 N–H and O–H groups in total. The van der Waals surface area contributed by atoms with Crippen molar-refractivity contribution in [1.82, 2.24) is 14.8 Å². The predicted octanol–water partition coefficient (Wildman–Crippen LogP) is 2.67. The highest BCUT2D eigenvalue weighted by Gasteiger charge is 2.16. The molecule has 0 saturated carbocycles. The monoisotopic (exact) mass is 279 g/mol. The molecule has 0 saturated heterocycles. The highest BCUT2D eigenvalue weighted by molar-refractivity contribution is 6.30. The van der Waals surface area contributed by atoms with E-state index >= 15 is 0 Å². The number of aromatic nitrogens is 3. The van der Waals surface area contributed by atoms with Crippen LogP contribution in [0.5, 0.6) is 0 Å². The van der Waals surface area contributed by atoms with Crippen molar-refractivity contribution in [2.45, 2.75) is 26.2 Å². The lowest BCUT2D eigenvalue weighted by atomic mass is 10.2. The van der Waals surface area contributed by atoms with Gasteiger partial charge in [-0.3, -0.25) is 4.79 Å². The fourth-order valence-electron chi connectivity index (χ4n) is 1.67. The lowest BCUT2D eigenvalue weighted by Crippen LogP contribution is -2.09. The van der Waals surface area contributed by atoms with Crippen LogP contribution in [0, 0.1) is 0 Å². The third-order valence-electron chi connectivity index (χ3n) is 2.57. The maximum Gasteiger partial charge on any atom is 0.311 e. The van der Waals surface area contributed by atoms with Crippen LogP contribution >= 0.6 is 11.6 Å². The lowest BCUT2D eigenvalue weighted by molar-refractivity contribution is -0.136. The molecule has 1 aromatic carbocycles. The average Bonchev–Trinajstić information content (AvgIpc) is 2.72. The van der Waals surface area contributed by atoms with Gasteiger partial charge in [0.1, 0.15) is 12.2 Å². The van der Waals surface area contributed by atoms with Gasteiger partial charge in [-0.1, -0.05) is 31.5 Å². The van der Waals surface area contributed by atoms with E-state index < -0.39 is 5.97 Å². The Hall–Kier alpha value is -1.88. The quantitative estimate of drug-likeness (QED) is 0.934. The second kappa shape index (κ2) is 5.40. The van der Waals surface area contributed by atoms with E-state index in [-0.39, 0.29) is 12.3 Å². The maximum absolute atomic E-state index is 10.9. The van der Waals surface area contributed by atoms with Crippen molar-refractivity contribution in [3.8, 4) is 5.69 Å². The molecule has 100 valence electrons. The first-order valence-corrected chi connectivity index (χ1v) is 6.28. The average molecular weight is 280 g/mol. The number of rotatable bonds is 4. The molecule has 0 atom stereocenters. The van der Waals surface area contributed by atoms with Gasteiger partial charge in [0.2, 0.25) is 0 Å². The summed E-state index contributed by atoms with van der Waals surface area (Å²) in [5, 5.41) is 13.9. The van der Waals surface area contributed by atoms with Gasteiger partial charge in [-0.05, 0) is 18.2 Å². The summed E-state index contributed by atoms with van der Waals surface area (Å²) in [6.07, 6.45) is -0.174. The number of carboxylic acids is 1. The van der Waals surface area contributed by atoms with Crippen molar-refractivity contribution in [1.29, 1.82) is 0 Å². The first-order valence-electron chi connectivity index (χ1n) is 5.91. The second-order valence-electron chi connectivity index (χ2n) is 4.50. The van der Waals surface area contributed by atoms with Crippen LogP contribution in [-0.2, 0) is 11.2 Å². The van der Waals surface area contributed by atoms with Crippen molar-refractivity contribution in [2.24, 2.45) is 0 Å². The minimum Gasteiger partial charge on any atom is -0.481 e. The van der Waals surface area contributed by atoms with Crippen LogP contribution in [0.15, 0.2) is 24.3 Å². The van der Waals surface area contributed by atoms with Gasteiger partial charge in [0.05, 0.1) is 5.69 Å². The Labute approximate surface area is 115 Å². The number of carbonyl (C=O) groups is 1. The van der Waals surface area contributed by atoms with E-state index in [9.17, 15) is 4.79 Å². The van der Waals surface area contributed by atoms with Crippen molar-refractivity contribution >= 4 is 17.6 Å². The van der Waals surface area contributed by atoms with Gasteiger partial charge in [-0.2, -0.15) is 5.10 Å². The van der Waals surface area contributed by atoms with Crippen molar-refractivity contribution in [3.63, 3.8) is 0 Å². The van der Waals surface area contributed by atoms with Gasteiger partial charge >= 0.3 is 5.97 Å². The zero-order chi connectivity index (χ0) is 14.0. The molecule has 2 aromatic rings. The molecule has 1 aromatic heterocycles. The molecule has 0 unspecified atom stereocenters. The number of benzene rings is 1. The normalized spacial score (nSPS) is 10.9. The van der Waals surface area contributed by atoms with Crippen LogP contribution in [0.25, 0.3) is 5.69 Å². The van der Waals surface area contributed by atoms with Crippen LogP contribution < -0.4 is 0 Å². The molecule has 0 amide bonds. The molecule has 0 radical (unpaired) electrons. The smallest absolute Gasteiger partial charge is 0.311 e. The summed E-state index contributed by atoms with van der Waals surface area (Å²) in [6.45, 7) is 3.92. The molecule has 6 heteroatoms. The van der Waals surface area contributed by atoms with Crippen LogP contribution in [0.4, 0.5) is 0 Å². The number of hydrogen-bond donors (Lipinski definition) is 1. The van der Waals surface area contributed by atoms with Gasteiger partial charge in [-0.15, -0.1) is 0 Å². The Balaban J connectivity index is 2.50. The van der Waals surface area contributed by atoms with E-state index in [2.05, 4.69) is 10.1 Å². The predicted molar refractivity (Wildman–Crippen MR) is 71.8 cm³/mol. The van der Waals surface area contributed by atoms with Gasteiger partial charge in [0, 0.05) is 10.9 Å². The van der Waals surface area contributed by atoms with E-state index in [1.54, 1.807) is 18.2 Å². The third kappa shape index (κ3) is 3.12. The molecule has 0 aliphatic rings. The van der Waals surface area contributed by atoms with Crippen molar-refractivity contribution in [3.05, 3.63) is 40.9 Å². The fraction of sp³-hybridized carbons (Fsp3) is 0.308. The van der Waals surface area contributed by atoms with Gasteiger partial charge < -0.3 is 5.11 Å². The Morgan fingerprint density at radius 1 is 1.47 bits per heavy atom. The third-order valence-corrected chi connectivity index (χ3v) is 2.80. The number of hydrogen-bond acceptors (Lipinski definition) is 3. The summed E-state index contributed by atoms with van der Waals surface area (Å²) in [7, 11) is 0. The van der Waals surface area contributed by atoms with Gasteiger partial charge in [0.25, 0.3) is 0 Å². The molecule has 0 bridgehead atoms. The van der Waals surface area contributed by atoms with E-state index in [0.717, 1.165) is 0 Å². The Kier molecular flexibility index (Phi) is 3.85. The number of aliphatic carboxylic acids is 1. The number of nitrogens with zero attached hydrogens (tertiary/aromatic N) is 3. The minimum atomic E-state index is -0.939. The van der Waals surface area contributed by atoms with Crippen molar-refractivity contribution < 1.29 is 9.90 Å². The highest BCUT2D eigenvalue weighted by atomic mass is 35.5. The summed E-state index contributed by atoms with van der Waals surface area (Å²) in [4.78, 5) is 15.2. The number of carboxylic acid groups (broad SMARTS) is 1. The van der Waals surface area contributed by atoms with E-state index in [4.69, 9.17) is 16.7 Å². The molecule has 0 aliphatic heterocycles. The summed E-state index contributed by atoms with van der Waals surface area (Å²) < 4.78 is 1.54. The Morgan fingerprint density at radius 2 is 2.21 bits per heavy atom. The fourth-order valence-corrected chi connectivity index (χ4v) is 1.86. The zero-order valence-corrected chi connectivity index (χ0v) is 11.4. The summed E-state index contributed by atoms with van der Waals surface area (Å²) >= 11 is 5.94. The van der Waals surface area contributed by atoms with E-state index in [1.807, 2.05) is 19.9 Å². The van der Waals surface area contributed by atoms with Gasteiger partial charge in [0.15, 0.2) is 5.82 Å². The second-order valence-corrected chi connectivity index (χ2v) is 4.94. The van der Waals surface area contributed by atoms with Crippen LogP contribution in [0.2, 0.25) is 5.02 Å². The molecule has 1 heterocycles. The summed E-state index contributed by atoms with van der Waals surface area (Å²) in [5.74, 6) is 0.216. The number of halogens is 1. The molecule has 0 aliphatic carbocycles. The topological polar surface area (TPSA) is 68.0 Å². The maximum atomic E-state index is 10.9. The van der Waals surface area contributed by atoms with Crippen molar-refractivity contribution in [2.75, 3.05) is 0 Å². The molecule has 0 spiro atoms. The Bertz CT molecular complexity index is 608. The van der Waals surface area contributed by atoms with Crippen LogP contribution in [0.3, 0.4) is 0 Å². The molecule has 2 rings (SSSR count).